The normalized spacial score (nSPS) is 14.6. The summed E-state index contributed by atoms with van der Waals surface area (Å²) in [6.45, 7) is 1.99. The lowest BCUT2D eigenvalue weighted by atomic mass is 10.2. The molecule has 0 spiro atoms. The average molecular weight is 279 g/mol. The van der Waals surface area contributed by atoms with Gasteiger partial charge in [-0.3, -0.25) is 0 Å². The van der Waals surface area contributed by atoms with Gasteiger partial charge in [0.25, 0.3) is 0 Å². The van der Waals surface area contributed by atoms with Crippen LogP contribution in [0.3, 0.4) is 0 Å². The van der Waals surface area contributed by atoms with Gasteiger partial charge in [0.05, 0.1) is 32.3 Å². The number of amides is 2. The van der Waals surface area contributed by atoms with Crippen LogP contribution in [-0.2, 0) is 11.3 Å². The molecule has 100 valence electrons. The molecule has 1 N–H and O–H groups in total. The molecular weight excluding hydrogens is 264 g/mol. The first kappa shape index (κ1) is 13.7. The van der Waals surface area contributed by atoms with E-state index in [1.165, 1.54) is 0 Å². The number of carbonyl (C=O) groups excluding carboxylic acids is 1. The van der Waals surface area contributed by atoms with E-state index in [2.05, 4.69) is 11.2 Å². The fourth-order valence-electron chi connectivity index (χ4n) is 1.74. The van der Waals surface area contributed by atoms with Crippen LogP contribution in [0.5, 0.6) is 0 Å². The molecule has 0 unspecified atom stereocenters. The number of urea groups is 1. The minimum absolute atomic E-state index is 0.0901. The van der Waals surface area contributed by atoms with E-state index < -0.39 is 0 Å². The van der Waals surface area contributed by atoms with Crippen LogP contribution >= 0.6 is 11.6 Å². The topological polar surface area (TPSA) is 41.6 Å². The Balaban J connectivity index is 1.66. The third-order valence-corrected chi connectivity index (χ3v) is 3.13. The number of benzene rings is 1. The van der Waals surface area contributed by atoms with Crippen LogP contribution in [0, 0.1) is 12.3 Å². The first-order valence-corrected chi connectivity index (χ1v) is 6.39. The van der Waals surface area contributed by atoms with Crippen LogP contribution in [0.4, 0.5) is 4.79 Å². The summed E-state index contributed by atoms with van der Waals surface area (Å²) in [4.78, 5) is 13.2. The smallest absolute Gasteiger partial charge is 0.318 e. The highest BCUT2D eigenvalue weighted by Gasteiger charge is 2.30. The quantitative estimate of drug-likeness (QED) is 0.855. The molecular formula is C14H15ClN2O2. The molecule has 0 atom stereocenters. The van der Waals surface area contributed by atoms with Gasteiger partial charge in [-0.05, 0) is 17.7 Å². The fourth-order valence-corrected chi connectivity index (χ4v) is 1.87. The van der Waals surface area contributed by atoms with E-state index in [1.807, 2.05) is 24.3 Å². The van der Waals surface area contributed by atoms with Crippen LogP contribution in [-0.4, -0.2) is 36.7 Å². The Bertz CT molecular complexity index is 475. The molecule has 1 aliphatic rings. The number of ether oxygens (including phenoxy) is 1. The predicted octanol–water partition coefficient (Wildman–Crippen LogP) is 1.88. The average Bonchev–Trinajstić information content (AvgIpc) is 2.36. The first-order chi connectivity index (χ1) is 9.19. The molecule has 1 aliphatic heterocycles. The van der Waals surface area contributed by atoms with Gasteiger partial charge >= 0.3 is 6.03 Å². The maximum Gasteiger partial charge on any atom is 0.318 e. The standard InChI is InChI=1S/C14H15ClN2O2/c1-2-7-16-14(18)17-8-13(9-17)19-10-11-3-5-12(15)6-4-11/h1,3-6,13H,7-10H2,(H,16,18). The van der Waals surface area contributed by atoms with Crippen LogP contribution in [0.25, 0.3) is 0 Å². The Morgan fingerprint density at radius 1 is 1.47 bits per heavy atom. The Morgan fingerprint density at radius 3 is 2.79 bits per heavy atom. The molecule has 0 saturated carbocycles. The van der Waals surface area contributed by atoms with Crippen molar-refractivity contribution in [3.63, 3.8) is 0 Å². The Labute approximate surface area is 117 Å². The molecule has 0 bridgehead atoms. The fraction of sp³-hybridized carbons (Fsp3) is 0.357. The molecule has 19 heavy (non-hydrogen) atoms. The number of halogens is 1. The van der Waals surface area contributed by atoms with E-state index in [0.717, 1.165) is 5.56 Å². The summed E-state index contributed by atoms with van der Waals surface area (Å²) in [5, 5.41) is 3.33. The van der Waals surface area contributed by atoms with Crippen molar-refractivity contribution in [2.24, 2.45) is 0 Å². The zero-order valence-corrected chi connectivity index (χ0v) is 11.2. The highest BCUT2D eigenvalue weighted by molar-refractivity contribution is 6.30. The van der Waals surface area contributed by atoms with Gasteiger partial charge in [0.15, 0.2) is 0 Å². The number of hydrogen-bond acceptors (Lipinski definition) is 2. The van der Waals surface area contributed by atoms with Crippen LogP contribution < -0.4 is 5.32 Å². The van der Waals surface area contributed by atoms with Gasteiger partial charge < -0.3 is 15.0 Å². The van der Waals surface area contributed by atoms with Crippen molar-refractivity contribution in [1.82, 2.24) is 10.2 Å². The lowest BCUT2D eigenvalue weighted by Gasteiger charge is -2.38. The summed E-state index contributed by atoms with van der Waals surface area (Å²) >= 11 is 5.80. The highest BCUT2D eigenvalue weighted by atomic mass is 35.5. The van der Waals surface area contributed by atoms with Gasteiger partial charge in [0.2, 0.25) is 0 Å². The number of carbonyl (C=O) groups is 1. The number of rotatable bonds is 4. The van der Waals surface area contributed by atoms with Crippen molar-refractivity contribution < 1.29 is 9.53 Å². The zero-order chi connectivity index (χ0) is 13.7. The van der Waals surface area contributed by atoms with Crippen LogP contribution in [0.15, 0.2) is 24.3 Å². The number of nitrogens with one attached hydrogen (secondary N) is 1. The summed E-state index contributed by atoms with van der Waals surface area (Å²) in [5.74, 6) is 2.36. The summed E-state index contributed by atoms with van der Waals surface area (Å²) in [5.41, 5.74) is 1.07. The molecule has 1 aromatic carbocycles. The number of hydrogen-bond donors (Lipinski definition) is 1. The predicted molar refractivity (Wildman–Crippen MR) is 73.8 cm³/mol. The second-order valence-electron chi connectivity index (χ2n) is 4.33. The lowest BCUT2D eigenvalue weighted by molar-refractivity contribution is -0.0440. The molecule has 2 amide bonds. The number of nitrogens with zero attached hydrogens (tertiary/aromatic N) is 1. The summed E-state index contributed by atoms with van der Waals surface area (Å²) in [6, 6.07) is 7.39. The van der Waals surface area contributed by atoms with Crippen molar-refractivity contribution in [1.29, 1.82) is 0 Å². The Kier molecular flexibility index (Phi) is 4.67. The van der Waals surface area contributed by atoms with E-state index in [9.17, 15) is 4.79 Å². The zero-order valence-electron chi connectivity index (χ0n) is 10.4. The Morgan fingerprint density at radius 2 is 2.16 bits per heavy atom. The largest absolute Gasteiger partial charge is 0.370 e. The Hall–Kier alpha value is -1.70. The highest BCUT2D eigenvalue weighted by Crippen LogP contribution is 2.15. The lowest BCUT2D eigenvalue weighted by Crippen LogP contribution is -2.57. The minimum Gasteiger partial charge on any atom is -0.370 e. The molecule has 1 aromatic rings. The molecule has 4 nitrogen and oxygen atoms in total. The van der Waals surface area contributed by atoms with E-state index in [4.69, 9.17) is 22.8 Å². The molecule has 5 heteroatoms. The summed E-state index contributed by atoms with van der Waals surface area (Å²) in [7, 11) is 0. The van der Waals surface area contributed by atoms with Crippen molar-refractivity contribution in [3.8, 4) is 12.3 Å². The van der Waals surface area contributed by atoms with E-state index in [-0.39, 0.29) is 18.7 Å². The van der Waals surface area contributed by atoms with Gasteiger partial charge in [-0.1, -0.05) is 29.7 Å². The van der Waals surface area contributed by atoms with E-state index in [1.54, 1.807) is 4.90 Å². The maximum absolute atomic E-state index is 11.5. The number of likely N-dealkylation sites (tertiary alicyclic amines) is 1. The first-order valence-electron chi connectivity index (χ1n) is 6.01. The van der Waals surface area contributed by atoms with Gasteiger partial charge in [-0.15, -0.1) is 6.42 Å². The second kappa shape index (κ2) is 6.46. The van der Waals surface area contributed by atoms with Crippen molar-refractivity contribution in [2.45, 2.75) is 12.7 Å². The summed E-state index contributed by atoms with van der Waals surface area (Å²) in [6.07, 6.45) is 5.16. The van der Waals surface area contributed by atoms with Crippen LogP contribution in [0.2, 0.25) is 5.02 Å². The molecule has 0 aromatic heterocycles. The molecule has 0 radical (unpaired) electrons. The molecule has 1 heterocycles. The third kappa shape index (κ3) is 3.88. The van der Waals surface area contributed by atoms with E-state index in [0.29, 0.717) is 24.7 Å². The summed E-state index contributed by atoms with van der Waals surface area (Å²) < 4.78 is 5.68. The van der Waals surface area contributed by atoms with Gasteiger partial charge in [0, 0.05) is 5.02 Å². The van der Waals surface area contributed by atoms with Gasteiger partial charge in [-0.25, -0.2) is 4.79 Å². The monoisotopic (exact) mass is 278 g/mol. The van der Waals surface area contributed by atoms with Crippen molar-refractivity contribution in [3.05, 3.63) is 34.9 Å². The van der Waals surface area contributed by atoms with E-state index >= 15 is 0 Å². The van der Waals surface area contributed by atoms with Crippen LogP contribution in [0.1, 0.15) is 5.56 Å². The van der Waals surface area contributed by atoms with Gasteiger partial charge in [-0.2, -0.15) is 0 Å². The molecule has 0 aliphatic carbocycles. The number of terminal acetylenes is 1. The third-order valence-electron chi connectivity index (χ3n) is 2.88. The molecule has 1 fully saturated rings. The second-order valence-corrected chi connectivity index (χ2v) is 4.76. The van der Waals surface area contributed by atoms with Crippen molar-refractivity contribution in [2.75, 3.05) is 19.6 Å². The minimum atomic E-state index is -0.135. The van der Waals surface area contributed by atoms with Gasteiger partial charge in [0.1, 0.15) is 0 Å². The SMILES string of the molecule is C#CCNC(=O)N1CC(OCc2ccc(Cl)cc2)C1. The van der Waals surface area contributed by atoms with Crippen molar-refractivity contribution >= 4 is 17.6 Å². The molecule has 2 rings (SSSR count). The maximum atomic E-state index is 11.5. The molecule has 1 saturated heterocycles.